The molecule has 0 saturated carbocycles. The monoisotopic (exact) mass is 351 g/mol. The second-order valence-electron chi connectivity index (χ2n) is 6.17. The highest BCUT2D eigenvalue weighted by Crippen LogP contribution is 2.26. The average molecular weight is 351 g/mol. The quantitative estimate of drug-likeness (QED) is 0.784. The van der Waals surface area contributed by atoms with Crippen molar-refractivity contribution < 1.29 is 9.18 Å². The zero-order valence-electron chi connectivity index (χ0n) is 14.1. The lowest BCUT2D eigenvalue weighted by Gasteiger charge is -2.18. The molecule has 1 fully saturated rings. The van der Waals surface area contributed by atoms with Crippen molar-refractivity contribution in [1.82, 2.24) is 14.8 Å². The first-order valence-corrected chi connectivity index (χ1v) is 8.53. The summed E-state index contributed by atoms with van der Waals surface area (Å²) < 4.78 is 16.0. The van der Waals surface area contributed by atoms with Gasteiger partial charge in [0.25, 0.3) is 5.91 Å². The molecule has 1 saturated heterocycles. The molecule has 3 aromatic rings. The lowest BCUT2D eigenvalue weighted by atomic mass is 10.2. The van der Waals surface area contributed by atoms with Gasteiger partial charge in [-0.25, -0.2) is 14.1 Å². The molecule has 0 unspecified atom stereocenters. The molecule has 0 spiro atoms. The van der Waals surface area contributed by atoms with E-state index < -0.39 is 0 Å². The number of hydrogen-bond acceptors (Lipinski definition) is 4. The van der Waals surface area contributed by atoms with E-state index in [2.05, 4.69) is 15.4 Å². The smallest absolute Gasteiger partial charge is 0.257 e. The number of carbonyl (C=O) groups is 1. The van der Waals surface area contributed by atoms with E-state index >= 15 is 0 Å². The number of pyridine rings is 1. The number of anilines is 2. The van der Waals surface area contributed by atoms with Crippen LogP contribution in [0.4, 0.5) is 15.8 Å². The number of amides is 1. The summed E-state index contributed by atoms with van der Waals surface area (Å²) in [7, 11) is 0. The number of aromatic nitrogens is 3. The fourth-order valence-corrected chi connectivity index (χ4v) is 3.06. The van der Waals surface area contributed by atoms with Gasteiger partial charge in [-0.05, 0) is 49.2 Å². The molecule has 132 valence electrons. The number of halogens is 1. The molecule has 0 bridgehead atoms. The van der Waals surface area contributed by atoms with Gasteiger partial charge in [0, 0.05) is 37.4 Å². The van der Waals surface area contributed by atoms with E-state index in [0.29, 0.717) is 22.8 Å². The summed E-state index contributed by atoms with van der Waals surface area (Å²) in [6.45, 7) is 1.74. The summed E-state index contributed by atoms with van der Waals surface area (Å²) in [5.74, 6) is -0.0396. The Morgan fingerprint density at radius 2 is 2.00 bits per heavy atom. The lowest BCUT2D eigenvalue weighted by Crippen LogP contribution is -2.19. The molecule has 26 heavy (non-hydrogen) atoms. The Kier molecular flexibility index (Phi) is 4.35. The summed E-state index contributed by atoms with van der Waals surface area (Å²) in [5.41, 5.74) is 1.40. The summed E-state index contributed by atoms with van der Waals surface area (Å²) in [4.78, 5) is 18.6. The Bertz CT molecular complexity index is 902. The maximum absolute atomic E-state index is 14.3. The molecule has 6 nitrogen and oxygen atoms in total. The number of hydrogen-bond donors (Lipinski definition) is 1. The summed E-state index contributed by atoms with van der Waals surface area (Å²) in [6.07, 6.45) is 7.07. The average Bonchev–Trinajstić information content (AvgIpc) is 3.36. The van der Waals surface area contributed by atoms with Crippen molar-refractivity contribution in [3.8, 4) is 5.82 Å². The van der Waals surface area contributed by atoms with Crippen molar-refractivity contribution in [3.05, 3.63) is 66.4 Å². The largest absolute Gasteiger partial charge is 0.369 e. The molecule has 1 amide bonds. The maximum atomic E-state index is 14.3. The van der Waals surface area contributed by atoms with Gasteiger partial charge in [-0.1, -0.05) is 0 Å². The van der Waals surface area contributed by atoms with Crippen LogP contribution in [0.25, 0.3) is 5.82 Å². The molecule has 0 atom stereocenters. The third kappa shape index (κ3) is 3.28. The fraction of sp³-hybridized carbons (Fsp3) is 0.211. The summed E-state index contributed by atoms with van der Waals surface area (Å²) in [5, 5.41) is 6.80. The molecule has 7 heteroatoms. The number of nitrogens with zero attached hydrogens (tertiary/aromatic N) is 4. The van der Waals surface area contributed by atoms with Crippen LogP contribution in [-0.4, -0.2) is 33.8 Å². The first-order chi connectivity index (χ1) is 12.7. The topological polar surface area (TPSA) is 63.1 Å². The van der Waals surface area contributed by atoms with Crippen molar-refractivity contribution in [2.45, 2.75) is 12.8 Å². The maximum Gasteiger partial charge on any atom is 0.257 e. The van der Waals surface area contributed by atoms with Crippen molar-refractivity contribution in [3.63, 3.8) is 0 Å². The van der Waals surface area contributed by atoms with Gasteiger partial charge in [-0.15, -0.1) is 0 Å². The van der Waals surface area contributed by atoms with Crippen LogP contribution in [0.5, 0.6) is 0 Å². The molecular formula is C19H18FN5O. The minimum atomic E-state index is -0.335. The summed E-state index contributed by atoms with van der Waals surface area (Å²) in [6, 6.07) is 9.96. The van der Waals surface area contributed by atoms with E-state index in [-0.39, 0.29) is 11.7 Å². The minimum absolute atomic E-state index is 0.322. The van der Waals surface area contributed by atoms with Crippen LogP contribution in [0.3, 0.4) is 0 Å². The highest BCUT2D eigenvalue weighted by molar-refractivity contribution is 6.04. The van der Waals surface area contributed by atoms with E-state index in [1.54, 1.807) is 47.4 Å². The third-order valence-electron chi connectivity index (χ3n) is 4.40. The molecule has 3 heterocycles. The zero-order chi connectivity index (χ0) is 17.9. The highest BCUT2D eigenvalue weighted by Gasteiger charge is 2.17. The van der Waals surface area contributed by atoms with Crippen molar-refractivity contribution in [2.75, 3.05) is 23.3 Å². The van der Waals surface area contributed by atoms with Crippen LogP contribution in [0.1, 0.15) is 23.2 Å². The van der Waals surface area contributed by atoms with Crippen LogP contribution in [0.15, 0.2) is 55.0 Å². The minimum Gasteiger partial charge on any atom is -0.369 e. The number of rotatable bonds is 4. The van der Waals surface area contributed by atoms with Gasteiger partial charge in [0.15, 0.2) is 5.82 Å². The second-order valence-corrected chi connectivity index (χ2v) is 6.17. The molecule has 1 N–H and O–H groups in total. The number of nitrogens with one attached hydrogen (secondary N) is 1. The Morgan fingerprint density at radius 1 is 1.15 bits per heavy atom. The van der Waals surface area contributed by atoms with Crippen LogP contribution in [-0.2, 0) is 0 Å². The lowest BCUT2D eigenvalue weighted by molar-refractivity contribution is 0.102. The SMILES string of the molecule is O=C(Nc1ccc(N2CCCC2)c(F)c1)c1ccc(-n2cccn2)nc1. The molecule has 1 aliphatic heterocycles. The Balaban J connectivity index is 1.46. The Morgan fingerprint density at radius 3 is 2.65 bits per heavy atom. The van der Waals surface area contributed by atoms with Gasteiger partial charge < -0.3 is 10.2 Å². The number of benzene rings is 1. The summed E-state index contributed by atoms with van der Waals surface area (Å²) >= 11 is 0. The molecule has 0 radical (unpaired) electrons. The Labute approximate surface area is 150 Å². The standard InChI is InChI=1S/C19H18FN5O/c20-16-12-15(5-6-17(16)24-9-1-2-10-24)23-19(26)14-4-7-18(21-13-14)25-11-3-8-22-25/h3-8,11-13H,1-2,9-10H2,(H,23,26). The van der Waals surface area contributed by atoms with Crippen LogP contribution in [0, 0.1) is 5.82 Å². The molecular weight excluding hydrogens is 333 g/mol. The van der Waals surface area contributed by atoms with E-state index in [0.717, 1.165) is 25.9 Å². The number of carbonyl (C=O) groups excluding carboxylic acids is 1. The molecule has 1 aromatic carbocycles. The van der Waals surface area contributed by atoms with E-state index in [4.69, 9.17) is 0 Å². The molecule has 1 aliphatic rings. The first kappa shape index (κ1) is 16.3. The fourth-order valence-electron chi connectivity index (χ4n) is 3.06. The highest BCUT2D eigenvalue weighted by atomic mass is 19.1. The van der Waals surface area contributed by atoms with Gasteiger partial charge in [-0.2, -0.15) is 5.10 Å². The van der Waals surface area contributed by atoms with E-state index in [1.807, 2.05) is 4.90 Å². The van der Waals surface area contributed by atoms with Crippen molar-refractivity contribution >= 4 is 17.3 Å². The molecule has 4 rings (SSSR count). The molecule has 0 aliphatic carbocycles. The third-order valence-corrected chi connectivity index (χ3v) is 4.40. The van der Waals surface area contributed by atoms with Crippen molar-refractivity contribution in [2.24, 2.45) is 0 Å². The van der Waals surface area contributed by atoms with Gasteiger partial charge in [0.2, 0.25) is 0 Å². The predicted octanol–water partition coefficient (Wildman–Crippen LogP) is 3.26. The van der Waals surface area contributed by atoms with Crippen LogP contribution in [0.2, 0.25) is 0 Å². The zero-order valence-corrected chi connectivity index (χ0v) is 14.1. The van der Waals surface area contributed by atoms with E-state index in [9.17, 15) is 9.18 Å². The van der Waals surface area contributed by atoms with E-state index in [1.165, 1.54) is 12.3 Å². The van der Waals surface area contributed by atoms with Crippen LogP contribution >= 0.6 is 0 Å². The second kappa shape index (κ2) is 6.95. The first-order valence-electron chi connectivity index (χ1n) is 8.53. The normalized spacial score (nSPS) is 13.8. The van der Waals surface area contributed by atoms with Crippen molar-refractivity contribution in [1.29, 1.82) is 0 Å². The van der Waals surface area contributed by atoms with Gasteiger partial charge in [0.1, 0.15) is 5.82 Å². The van der Waals surface area contributed by atoms with Crippen LogP contribution < -0.4 is 10.2 Å². The van der Waals surface area contributed by atoms with Gasteiger partial charge in [0.05, 0.1) is 11.3 Å². The molecule has 2 aromatic heterocycles. The van der Waals surface area contributed by atoms with Gasteiger partial charge >= 0.3 is 0 Å². The van der Waals surface area contributed by atoms with Gasteiger partial charge in [-0.3, -0.25) is 4.79 Å². The Hall–Kier alpha value is -3.22. The predicted molar refractivity (Wildman–Crippen MR) is 97.2 cm³/mol.